The smallest absolute Gasteiger partial charge is 0.157 e. The highest BCUT2D eigenvalue weighted by molar-refractivity contribution is 5.42. The molecule has 0 saturated carbocycles. The molecule has 0 fully saturated rings. The van der Waals surface area contributed by atoms with Crippen molar-refractivity contribution in [1.29, 1.82) is 0 Å². The van der Waals surface area contributed by atoms with Crippen LogP contribution in [0.1, 0.15) is 25.8 Å². The number of hydrogen-bond acceptors (Lipinski definition) is 4. The first kappa shape index (κ1) is 14.8. The molecule has 4 heteroatoms. The minimum Gasteiger partial charge on any atom is -0.504 e. The van der Waals surface area contributed by atoms with Crippen molar-refractivity contribution < 1.29 is 15.3 Å². The van der Waals surface area contributed by atoms with E-state index in [1.54, 1.807) is 6.07 Å². The van der Waals surface area contributed by atoms with Gasteiger partial charge >= 0.3 is 0 Å². The highest BCUT2D eigenvalue weighted by Gasteiger charge is 2.34. The van der Waals surface area contributed by atoms with Crippen LogP contribution in [0.5, 0.6) is 11.5 Å². The van der Waals surface area contributed by atoms with Crippen molar-refractivity contribution in [3.8, 4) is 11.5 Å². The average molecular weight is 253 g/mol. The second-order valence-corrected chi connectivity index (χ2v) is 5.14. The molecule has 0 aliphatic rings. The van der Waals surface area contributed by atoms with Crippen LogP contribution >= 0.6 is 0 Å². The third-order valence-electron chi connectivity index (χ3n) is 3.47. The van der Waals surface area contributed by atoms with Crippen LogP contribution in [0.3, 0.4) is 0 Å². The van der Waals surface area contributed by atoms with Gasteiger partial charge in [0.15, 0.2) is 11.5 Å². The van der Waals surface area contributed by atoms with Gasteiger partial charge < -0.3 is 20.2 Å². The molecular formula is C14H23NO3. The van der Waals surface area contributed by atoms with E-state index in [1.165, 1.54) is 12.1 Å². The van der Waals surface area contributed by atoms with Crippen LogP contribution in [-0.4, -0.2) is 40.9 Å². The van der Waals surface area contributed by atoms with E-state index >= 15 is 0 Å². The summed E-state index contributed by atoms with van der Waals surface area (Å²) in [6.07, 6.45) is 0.548. The zero-order valence-electron chi connectivity index (χ0n) is 11.5. The van der Waals surface area contributed by atoms with Crippen molar-refractivity contribution in [2.45, 2.75) is 25.9 Å². The molecule has 3 N–H and O–H groups in total. The first-order chi connectivity index (χ1) is 8.31. The van der Waals surface area contributed by atoms with Gasteiger partial charge in [-0.2, -0.15) is 0 Å². The summed E-state index contributed by atoms with van der Waals surface area (Å²) >= 11 is 0. The number of hydrogen-bond donors (Lipinski definition) is 3. The summed E-state index contributed by atoms with van der Waals surface area (Å²) in [5, 5.41) is 29.7. The van der Waals surface area contributed by atoms with Crippen LogP contribution in [0.25, 0.3) is 0 Å². The van der Waals surface area contributed by atoms with Gasteiger partial charge in [0.2, 0.25) is 0 Å². The molecule has 1 aromatic rings. The molecule has 0 aliphatic heterocycles. The van der Waals surface area contributed by atoms with Gasteiger partial charge in [0.05, 0.1) is 5.60 Å². The first-order valence-electron chi connectivity index (χ1n) is 6.20. The van der Waals surface area contributed by atoms with Crippen LogP contribution in [0.2, 0.25) is 0 Å². The lowest BCUT2D eigenvalue weighted by Gasteiger charge is -2.35. The molecule has 0 radical (unpaired) electrons. The molecule has 0 aromatic heterocycles. The van der Waals surface area contributed by atoms with Crippen LogP contribution in [0.15, 0.2) is 18.2 Å². The number of nitrogens with zero attached hydrogens (tertiary/aromatic N) is 1. The maximum atomic E-state index is 10.8. The molecule has 0 aliphatic carbocycles. The Morgan fingerprint density at radius 2 is 1.83 bits per heavy atom. The monoisotopic (exact) mass is 253 g/mol. The normalized spacial score (nSPS) is 16.6. The lowest BCUT2D eigenvalue weighted by Crippen LogP contribution is -2.38. The van der Waals surface area contributed by atoms with Crippen molar-refractivity contribution in [1.82, 2.24) is 4.90 Å². The number of phenols is 2. The van der Waals surface area contributed by atoms with Gasteiger partial charge in [-0.1, -0.05) is 19.9 Å². The third-order valence-corrected chi connectivity index (χ3v) is 3.47. The Kier molecular flexibility index (Phi) is 4.59. The standard InChI is InChI=1S/C14H23NO3/c1-5-14(18,10(2)9-15(3)4)11-6-7-12(16)13(17)8-11/h6-8,10,16-18H,5,9H2,1-4H3. The molecule has 18 heavy (non-hydrogen) atoms. The van der Waals surface area contributed by atoms with Gasteiger partial charge in [-0.25, -0.2) is 0 Å². The minimum absolute atomic E-state index is 0.0152. The molecule has 1 aromatic carbocycles. The number of rotatable bonds is 5. The summed E-state index contributed by atoms with van der Waals surface area (Å²) in [5.74, 6) is -0.352. The highest BCUT2D eigenvalue weighted by atomic mass is 16.3. The van der Waals surface area contributed by atoms with Crippen molar-refractivity contribution >= 4 is 0 Å². The molecule has 2 atom stereocenters. The maximum absolute atomic E-state index is 10.8. The van der Waals surface area contributed by atoms with Crippen LogP contribution in [0, 0.1) is 5.92 Å². The van der Waals surface area contributed by atoms with E-state index in [9.17, 15) is 15.3 Å². The van der Waals surface area contributed by atoms with E-state index in [0.717, 1.165) is 6.54 Å². The van der Waals surface area contributed by atoms with Crippen LogP contribution in [0.4, 0.5) is 0 Å². The van der Waals surface area contributed by atoms with Gasteiger partial charge in [-0.05, 0) is 38.2 Å². The number of aliphatic hydroxyl groups is 1. The zero-order chi connectivity index (χ0) is 13.9. The molecule has 0 bridgehead atoms. The summed E-state index contributed by atoms with van der Waals surface area (Å²) in [6, 6.07) is 4.50. The van der Waals surface area contributed by atoms with Crippen LogP contribution < -0.4 is 0 Å². The van der Waals surface area contributed by atoms with Gasteiger partial charge in [0.25, 0.3) is 0 Å². The third kappa shape index (κ3) is 2.94. The average Bonchev–Trinajstić information content (AvgIpc) is 2.30. The second-order valence-electron chi connectivity index (χ2n) is 5.14. The topological polar surface area (TPSA) is 63.9 Å². The van der Waals surface area contributed by atoms with Gasteiger partial charge in [-0.15, -0.1) is 0 Å². The van der Waals surface area contributed by atoms with Crippen molar-refractivity contribution in [3.05, 3.63) is 23.8 Å². The van der Waals surface area contributed by atoms with E-state index in [2.05, 4.69) is 0 Å². The Morgan fingerprint density at radius 1 is 1.22 bits per heavy atom. The number of aromatic hydroxyl groups is 2. The molecule has 102 valence electrons. The van der Waals surface area contributed by atoms with E-state index < -0.39 is 5.60 Å². The molecule has 4 nitrogen and oxygen atoms in total. The first-order valence-corrected chi connectivity index (χ1v) is 6.20. The molecule has 0 heterocycles. The lowest BCUT2D eigenvalue weighted by atomic mass is 9.80. The predicted molar refractivity (Wildman–Crippen MR) is 71.7 cm³/mol. The summed E-state index contributed by atoms with van der Waals surface area (Å²) in [4.78, 5) is 2.02. The number of phenolic OH excluding ortho intramolecular Hbond substituents is 2. The fraction of sp³-hybridized carbons (Fsp3) is 0.571. The van der Waals surface area contributed by atoms with Crippen molar-refractivity contribution in [2.75, 3.05) is 20.6 Å². The summed E-state index contributed by atoms with van der Waals surface area (Å²) in [6.45, 7) is 4.63. The van der Waals surface area contributed by atoms with E-state index in [1.807, 2.05) is 32.8 Å². The molecule has 2 unspecified atom stereocenters. The van der Waals surface area contributed by atoms with Gasteiger partial charge in [0, 0.05) is 12.5 Å². The maximum Gasteiger partial charge on any atom is 0.157 e. The Balaban J connectivity index is 3.09. The van der Waals surface area contributed by atoms with E-state index in [-0.39, 0.29) is 17.4 Å². The van der Waals surface area contributed by atoms with Crippen molar-refractivity contribution in [3.63, 3.8) is 0 Å². The highest BCUT2D eigenvalue weighted by Crippen LogP contribution is 2.37. The second kappa shape index (κ2) is 5.59. The minimum atomic E-state index is -1.00. The SMILES string of the molecule is CCC(O)(c1ccc(O)c(O)c1)C(C)CN(C)C. The number of benzene rings is 1. The fourth-order valence-corrected chi connectivity index (χ4v) is 2.33. The predicted octanol–water partition coefficient (Wildman–Crippen LogP) is 1.89. The Hall–Kier alpha value is -1.26. The Morgan fingerprint density at radius 3 is 2.28 bits per heavy atom. The summed E-state index contributed by atoms with van der Waals surface area (Å²) < 4.78 is 0. The molecule has 1 rings (SSSR count). The van der Waals surface area contributed by atoms with Gasteiger partial charge in [-0.3, -0.25) is 0 Å². The molecule has 0 spiro atoms. The molecule has 0 amide bonds. The Labute approximate surface area is 108 Å². The lowest BCUT2D eigenvalue weighted by molar-refractivity contribution is -0.0293. The quantitative estimate of drug-likeness (QED) is 0.701. The van der Waals surface area contributed by atoms with E-state index in [4.69, 9.17) is 0 Å². The van der Waals surface area contributed by atoms with Crippen molar-refractivity contribution in [2.24, 2.45) is 5.92 Å². The molecule has 0 saturated heterocycles. The van der Waals surface area contributed by atoms with E-state index in [0.29, 0.717) is 12.0 Å². The Bertz CT molecular complexity index is 406. The summed E-state index contributed by atoms with van der Waals surface area (Å²) in [5.41, 5.74) is -0.371. The zero-order valence-corrected chi connectivity index (χ0v) is 11.5. The largest absolute Gasteiger partial charge is 0.504 e. The molecular weight excluding hydrogens is 230 g/mol. The van der Waals surface area contributed by atoms with Gasteiger partial charge in [0.1, 0.15) is 0 Å². The summed E-state index contributed by atoms with van der Waals surface area (Å²) in [7, 11) is 3.92. The van der Waals surface area contributed by atoms with Crippen LogP contribution in [-0.2, 0) is 5.60 Å². The fourth-order valence-electron chi connectivity index (χ4n) is 2.33.